The Morgan fingerprint density at radius 2 is 1.83 bits per heavy atom. The zero-order chi connectivity index (χ0) is 17.2. The van der Waals surface area contributed by atoms with Gasteiger partial charge in [0.15, 0.2) is 0 Å². The zero-order valence-electron chi connectivity index (χ0n) is 14.0. The number of carbonyl (C=O) groups is 1. The van der Waals surface area contributed by atoms with E-state index >= 15 is 0 Å². The summed E-state index contributed by atoms with van der Waals surface area (Å²) in [6.45, 7) is 5.26. The highest BCUT2D eigenvalue weighted by molar-refractivity contribution is 5.74. The fourth-order valence-electron chi connectivity index (χ4n) is 2.09. The Labute approximate surface area is 142 Å². The topological polar surface area (TPSA) is 72.5 Å². The Kier molecular flexibility index (Phi) is 6.89. The van der Waals surface area contributed by atoms with Crippen molar-refractivity contribution in [3.63, 3.8) is 0 Å². The van der Waals surface area contributed by atoms with E-state index in [9.17, 15) is 4.79 Å². The fraction of sp³-hybridized carbons (Fsp3) is 0.333. The van der Waals surface area contributed by atoms with Crippen LogP contribution in [0.2, 0.25) is 0 Å². The number of hydrogen-bond acceptors (Lipinski definition) is 4. The molecule has 2 aromatic rings. The second kappa shape index (κ2) is 9.39. The number of hydrogen-bond donors (Lipinski definition) is 2. The van der Waals surface area contributed by atoms with Crippen LogP contribution in [0.1, 0.15) is 25.6 Å². The number of aromatic nitrogens is 1. The van der Waals surface area contributed by atoms with E-state index in [2.05, 4.69) is 15.6 Å². The lowest BCUT2D eigenvalue weighted by molar-refractivity contribution is 0.233. The molecule has 0 bridgehead atoms. The van der Waals surface area contributed by atoms with Gasteiger partial charge in [0.05, 0.1) is 24.9 Å². The molecule has 1 heterocycles. The van der Waals surface area contributed by atoms with Gasteiger partial charge in [0.1, 0.15) is 18.1 Å². The highest BCUT2D eigenvalue weighted by atomic mass is 16.5. The summed E-state index contributed by atoms with van der Waals surface area (Å²) in [5.74, 6) is 1.55. The molecule has 0 spiro atoms. The molecule has 24 heavy (non-hydrogen) atoms. The predicted octanol–water partition coefficient (Wildman–Crippen LogP) is 2.92. The van der Waals surface area contributed by atoms with Crippen LogP contribution in [0.3, 0.4) is 0 Å². The lowest BCUT2D eigenvalue weighted by Crippen LogP contribution is -2.39. The zero-order valence-corrected chi connectivity index (χ0v) is 14.0. The van der Waals surface area contributed by atoms with E-state index in [4.69, 9.17) is 9.47 Å². The van der Waals surface area contributed by atoms with Gasteiger partial charge in [-0.1, -0.05) is 6.07 Å². The van der Waals surface area contributed by atoms with E-state index < -0.39 is 0 Å². The van der Waals surface area contributed by atoms with Crippen LogP contribution < -0.4 is 20.1 Å². The Bertz CT molecular complexity index is 617. The summed E-state index contributed by atoms with van der Waals surface area (Å²) in [6.07, 6.45) is 1.70. The Morgan fingerprint density at radius 3 is 2.46 bits per heavy atom. The summed E-state index contributed by atoms with van der Waals surface area (Å²) < 4.78 is 10.9. The second-order valence-electron chi connectivity index (χ2n) is 5.13. The maximum atomic E-state index is 11.8. The quantitative estimate of drug-likeness (QED) is 0.731. The third-order valence-electron chi connectivity index (χ3n) is 3.27. The summed E-state index contributed by atoms with van der Waals surface area (Å²) in [7, 11) is 0. The lowest BCUT2D eigenvalue weighted by Gasteiger charge is -2.14. The van der Waals surface area contributed by atoms with Crippen LogP contribution in [0, 0.1) is 0 Å². The van der Waals surface area contributed by atoms with Crippen molar-refractivity contribution in [2.24, 2.45) is 0 Å². The molecule has 1 atom stereocenters. The van der Waals surface area contributed by atoms with E-state index in [1.807, 2.05) is 56.3 Å². The van der Waals surface area contributed by atoms with Gasteiger partial charge in [-0.2, -0.15) is 0 Å². The molecular weight excluding hydrogens is 306 g/mol. The van der Waals surface area contributed by atoms with Crippen LogP contribution in [0.5, 0.6) is 11.5 Å². The van der Waals surface area contributed by atoms with Crippen LogP contribution in [0.4, 0.5) is 4.79 Å². The molecule has 0 saturated carbocycles. The van der Waals surface area contributed by atoms with Crippen LogP contribution >= 0.6 is 0 Å². The van der Waals surface area contributed by atoms with Crippen LogP contribution in [0.15, 0.2) is 48.7 Å². The van der Waals surface area contributed by atoms with Gasteiger partial charge in [-0.15, -0.1) is 0 Å². The van der Waals surface area contributed by atoms with Gasteiger partial charge in [-0.25, -0.2) is 4.79 Å². The summed E-state index contributed by atoms with van der Waals surface area (Å²) in [4.78, 5) is 16.0. The number of carbonyl (C=O) groups excluding carboxylic acids is 1. The third kappa shape index (κ3) is 5.79. The molecule has 128 valence electrons. The highest BCUT2D eigenvalue weighted by Crippen LogP contribution is 2.17. The Hall–Kier alpha value is -2.76. The van der Waals surface area contributed by atoms with Crippen LogP contribution in [-0.2, 0) is 0 Å². The van der Waals surface area contributed by atoms with E-state index in [0.717, 1.165) is 17.2 Å². The summed E-state index contributed by atoms with van der Waals surface area (Å²) in [5.41, 5.74) is 0.818. The van der Waals surface area contributed by atoms with Crippen molar-refractivity contribution in [3.8, 4) is 11.5 Å². The first kappa shape index (κ1) is 17.6. The molecule has 0 saturated heterocycles. The SMILES string of the molecule is CCOc1ccc(OCCNC(=O)N[C@H](C)c2ccccn2)cc1. The summed E-state index contributed by atoms with van der Waals surface area (Å²) >= 11 is 0. The highest BCUT2D eigenvalue weighted by Gasteiger charge is 2.09. The van der Waals surface area contributed by atoms with Gasteiger partial charge in [-0.3, -0.25) is 4.98 Å². The van der Waals surface area contributed by atoms with Gasteiger partial charge >= 0.3 is 6.03 Å². The average Bonchev–Trinajstić information content (AvgIpc) is 2.61. The minimum Gasteiger partial charge on any atom is -0.494 e. The first-order valence-corrected chi connectivity index (χ1v) is 8.00. The van der Waals surface area contributed by atoms with Crippen molar-refractivity contribution in [2.45, 2.75) is 19.9 Å². The number of nitrogens with one attached hydrogen (secondary N) is 2. The maximum absolute atomic E-state index is 11.8. The molecule has 6 nitrogen and oxygen atoms in total. The molecule has 1 aromatic heterocycles. The van der Waals surface area contributed by atoms with Crippen molar-refractivity contribution in [2.75, 3.05) is 19.8 Å². The maximum Gasteiger partial charge on any atom is 0.315 e. The first-order valence-electron chi connectivity index (χ1n) is 8.00. The van der Waals surface area contributed by atoms with Crippen molar-refractivity contribution in [1.29, 1.82) is 0 Å². The van der Waals surface area contributed by atoms with Gasteiger partial charge in [0.2, 0.25) is 0 Å². The standard InChI is InChI=1S/C18H23N3O3/c1-3-23-15-7-9-16(10-8-15)24-13-12-20-18(22)21-14(2)17-6-4-5-11-19-17/h4-11,14H,3,12-13H2,1-2H3,(H2,20,21,22)/t14-/m1/s1. The normalized spacial score (nSPS) is 11.4. The monoisotopic (exact) mass is 329 g/mol. The van der Waals surface area contributed by atoms with Crippen LogP contribution in [0.25, 0.3) is 0 Å². The smallest absolute Gasteiger partial charge is 0.315 e. The second-order valence-corrected chi connectivity index (χ2v) is 5.13. The molecular formula is C18H23N3O3. The Morgan fingerprint density at radius 1 is 1.12 bits per heavy atom. The molecule has 6 heteroatoms. The van der Waals surface area contributed by atoms with Crippen LogP contribution in [-0.4, -0.2) is 30.8 Å². The van der Waals surface area contributed by atoms with Crippen molar-refractivity contribution >= 4 is 6.03 Å². The molecule has 1 aromatic carbocycles. The van der Waals surface area contributed by atoms with E-state index in [0.29, 0.717) is 19.8 Å². The fourth-order valence-corrected chi connectivity index (χ4v) is 2.09. The summed E-state index contributed by atoms with van der Waals surface area (Å²) in [5, 5.41) is 5.59. The molecule has 0 fully saturated rings. The third-order valence-corrected chi connectivity index (χ3v) is 3.27. The molecule has 0 aliphatic carbocycles. The van der Waals surface area contributed by atoms with Gasteiger partial charge in [-0.05, 0) is 50.2 Å². The number of benzene rings is 1. The van der Waals surface area contributed by atoms with Crippen molar-refractivity contribution < 1.29 is 14.3 Å². The molecule has 2 amide bonds. The molecule has 0 aliphatic rings. The number of amides is 2. The molecule has 0 unspecified atom stereocenters. The molecule has 2 N–H and O–H groups in total. The number of ether oxygens (including phenoxy) is 2. The van der Waals surface area contributed by atoms with Crippen molar-refractivity contribution in [1.82, 2.24) is 15.6 Å². The number of urea groups is 1. The van der Waals surface area contributed by atoms with E-state index in [1.165, 1.54) is 0 Å². The van der Waals surface area contributed by atoms with Gasteiger partial charge in [0, 0.05) is 6.20 Å². The first-order chi connectivity index (χ1) is 11.7. The minimum atomic E-state index is -0.247. The number of pyridine rings is 1. The molecule has 2 rings (SSSR count). The molecule has 0 aliphatic heterocycles. The Balaban J connectivity index is 1.65. The largest absolute Gasteiger partial charge is 0.494 e. The van der Waals surface area contributed by atoms with Gasteiger partial charge < -0.3 is 20.1 Å². The summed E-state index contributed by atoms with van der Waals surface area (Å²) in [6, 6.07) is 12.6. The average molecular weight is 329 g/mol. The number of nitrogens with zero attached hydrogens (tertiary/aromatic N) is 1. The lowest BCUT2D eigenvalue weighted by atomic mass is 10.2. The predicted molar refractivity (Wildman–Crippen MR) is 92.3 cm³/mol. The minimum absolute atomic E-state index is 0.154. The van der Waals surface area contributed by atoms with Crippen molar-refractivity contribution in [3.05, 3.63) is 54.4 Å². The molecule has 0 radical (unpaired) electrons. The van der Waals surface area contributed by atoms with Gasteiger partial charge in [0.25, 0.3) is 0 Å². The van der Waals surface area contributed by atoms with E-state index in [1.54, 1.807) is 6.20 Å². The number of rotatable bonds is 8. The van der Waals surface area contributed by atoms with E-state index in [-0.39, 0.29) is 12.1 Å².